The van der Waals surface area contributed by atoms with Crippen LogP contribution in [0, 0.1) is 11.3 Å². The number of nitrogens with zero attached hydrogens (tertiary/aromatic N) is 3. The van der Waals surface area contributed by atoms with E-state index in [4.69, 9.17) is 10.00 Å². The number of rotatable bonds is 6. The van der Waals surface area contributed by atoms with Gasteiger partial charge in [-0.2, -0.15) is 5.26 Å². The van der Waals surface area contributed by atoms with Crippen molar-refractivity contribution in [1.29, 1.82) is 5.26 Å². The molecule has 0 aliphatic heterocycles. The molecule has 0 fully saturated rings. The minimum atomic E-state index is 0.669. The summed E-state index contributed by atoms with van der Waals surface area (Å²) >= 11 is 3.11. The van der Waals surface area contributed by atoms with Crippen LogP contribution in [0.5, 0.6) is 5.75 Å². The van der Waals surface area contributed by atoms with E-state index in [1.807, 2.05) is 48.5 Å². The number of hydrogen-bond acceptors (Lipinski definition) is 7. The molecule has 3 aromatic rings. The van der Waals surface area contributed by atoms with Gasteiger partial charge >= 0.3 is 0 Å². The zero-order valence-corrected chi connectivity index (χ0v) is 14.5. The molecule has 24 heavy (non-hydrogen) atoms. The van der Waals surface area contributed by atoms with Crippen molar-refractivity contribution in [2.24, 2.45) is 0 Å². The van der Waals surface area contributed by atoms with Crippen LogP contribution < -0.4 is 10.1 Å². The molecule has 2 aromatic carbocycles. The maximum atomic E-state index is 8.81. The first-order valence-corrected chi connectivity index (χ1v) is 8.94. The molecule has 1 aromatic heterocycles. The van der Waals surface area contributed by atoms with Gasteiger partial charge in [-0.3, -0.25) is 0 Å². The van der Waals surface area contributed by atoms with Crippen molar-refractivity contribution in [2.45, 2.75) is 10.1 Å². The SMILES string of the molecule is COc1ccccc1Nc1nnc(SCc2ccc(C#N)cc2)s1. The third kappa shape index (κ3) is 4.04. The van der Waals surface area contributed by atoms with Crippen molar-refractivity contribution < 1.29 is 4.74 Å². The summed E-state index contributed by atoms with van der Waals surface area (Å²) in [4.78, 5) is 0. The highest BCUT2D eigenvalue weighted by Crippen LogP contribution is 2.32. The molecule has 7 heteroatoms. The lowest BCUT2D eigenvalue weighted by atomic mass is 10.2. The number of nitrogens with one attached hydrogen (secondary N) is 1. The van der Waals surface area contributed by atoms with Crippen molar-refractivity contribution in [3.05, 3.63) is 59.7 Å². The Morgan fingerprint density at radius 3 is 2.71 bits per heavy atom. The van der Waals surface area contributed by atoms with Gasteiger partial charge in [0.2, 0.25) is 5.13 Å². The Hall–Kier alpha value is -2.56. The second-order valence-corrected chi connectivity index (χ2v) is 7.00. The van der Waals surface area contributed by atoms with Gasteiger partial charge in [-0.25, -0.2) is 0 Å². The molecular weight excluding hydrogens is 340 g/mol. The molecule has 0 atom stereocenters. The van der Waals surface area contributed by atoms with Crippen molar-refractivity contribution >= 4 is 33.9 Å². The Balaban J connectivity index is 1.62. The number of ether oxygens (including phenoxy) is 1. The lowest BCUT2D eigenvalue weighted by Gasteiger charge is -2.07. The zero-order chi connectivity index (χ0) is 16.8. The molecule has 0 aliphatic rings. The number of nitriles is 1. The molecule has 0 unspecified atom stereocenters. The smallest absolute Gasteiger partial charge is 0.210 e. The first kappa shape index (κ1) is 16.3. The van der Waals surface area contributed by atoms with Gasteiger partial charge in [-0.15, -0.1) is 10.2 Å². The van der Waals surface area contributed by atoms with Gasteiger partial charge in [0.15, 0.2) is 4.34 Å². The van der Waals surface area contributed by atoms with E-state index in [2.05, 4.69) is 21.6 Å². The molecule has 120 valence electrons. The van der Waals surface area contributed by atoms with Gasteiger partial charge in [0, 0.05) is 5.75 Å². The summed E-state index contributed by atoms with van der Waals surface area (Å²) in [7, 11) is 1.64. The van der Waals surface area contributed by atoms with Gasteiger partial charge in [-0.05, 0) is 29.8 Å². The van der Waals surface area contributed by atoms with E-state index in [-0.39, 0.29) is 0 Å². The third-order valence-corrected chi connectivity index (χ3v) is 5.24. The number of aromatic nitrogens is 2. The number of hydrogen-bond donors (Lipinski definition) is 1. The van der Waals surface area contributed by atoms with Crippen molar-refractivity contribution in [2.75, 3.05) is 12.4 Å². The Labute approximate surface area is 148 Å². The standard InChI is InChI=1S/C17H14N4OS2/c1-22-15-5-3-2-4-14(15)19-16-20-21-17(24-16)23-11-13-8-6-12(10-18)7-9-13/h2-9H,11H2,1H3,(H,19,20). The average molecular weight is 354 g/mol. The number of thioether (sulfide) groups is 1. The monoisotopic (exact) mass is 354 g/mol. The Morgan fingerprint density at radius 1 is 1.17 bits per heavy atom. The van der Waals surface area contributed by atoms with E-state index in [0.29, 0.717) is 5.56 Å². The van der Waals surface area contributed by atoms with Crippen LogP contribution in [0.25, 0.3) is 0 Å². The van der Waals surface area contributed by atoms with E-state index in [1.165, 1.54) is 11.3 Å². The molecule has 0 radical (unpaired) electrons. The molecule has 5 nitrogen and oxygen atoms in total. The fourth-order valence-corrected chi connectivity index (χ4v) is 3.72. The maximum absolute atomic E-state index is 8.81. The van der Waals surface area contributed by atoms with Crippen molar-refractivity contribution in [3.8, 4) is 11.8 Å². The van der Waals surface area contributed by atoms with Crippen LogP contribution in [0.15, 0.2) is 52.9 Å². The van der Waals surface area contributed by atoms with Gasteiger partial charge in [0.1, 0.15) is 5.75 Å². The summed E-state index contributed by atoms with van der Waals surface area (Å²) in [6.07, 6.45) is 0. The molecule has 1 N–H and O–H groups in total. The number of methoxy groups -OCH3 is 1. The minimum Gasteiger partial charge on any atom is -0.495 e. The van der Waals surface area contributed by atoms with E-state index in [1.54, 1.807) is 18.9 Å². The average Bonchev–Trinajstić information content (AvgIpc) is 3.08. The first-order valence-electron chi connectivity index (χ1n) is 7.14. The number of anilines is 2. The van der Waals surface area contributed by atoms with Gasteiger partial charge in [-0.1, -0.05) is 47.4 Å². The molecule has 1 heterocycles. The molecule has 0 saturated carbocycles. The maximum Gasteiger partial charge on any atom is 0.210 e. The summed E-state index contributed by atoms with van der Waals surface area (Å²) < 4.78 is 6.20. The van der Waals surface area contributed by atoms with Gasteiger partial charge in [0.05, 0.1) is 24.4 Å². The third-order valence-electron chi connectivity index (χ3n) is 3.20. The molecule has 0 bridgehead atoms. The van der Waals surface area contributed by atoms with E-state index in [0.717, 1.165) is 32.2 Å². The number of para-hydroxylation sites is 2. The highest BCUT2D eigenvalue weighted by molar-refractivity contribution is 8.00. The largest absolute Gasteiger partial charge is 0.495 e. The van der Waals surface area contributed by atoms with E-state index >= 15 is 0 Å². The highest BCUT2D eigenvalue weighted by atomic mass is 32.2. The minimum absolute atomic E-state index is 0.669. The van der Waals surface area contributed by atoms with Crippen molar-refractivity contribution in [1.82, 2.24) is 10.2 Å². The van der Waals surface area contributed by atoms with Crippen LogP contribution in [0.3, 0.4) is 0 Å². The van der Waals surface area contributed by atoms with Crippen LogP contribution in [-0.4, -0.2) is 17.3 Å². The molecule has 3 rings (SSSR count). The highest BCUT2D eigenvalue weighted by Gasteiger charge is 2.08. The second kappa shape index (κ2) is 7.81. The fraction of sp³-hybridized carbons (Fsp3) is 0.118. The first-order chi connectivity index (χ1) is 11.8. The molecule has 0 saturated heterocycles. The summed E-state index contributed by atoms with van der Waals surface area (Å²) in [5.41, 5.74) is 2.68. The van der Waals surface area contributed by atoms with Gasteiger partial charge < -0.3 is 10.1 Å². The van der Waals surface area contributed by atoms with Crippen LogP contribution in [-0.2, 0) is 5.75 Å². The lowest BCUT2D eigenvalue weighted by Crippen LogP contribution is -1.93. The van der Waals surface area contributed by atoms with E-state index in [9.17, 15) is 0 Å². The van der Waals surface area contributed by atoms with Crippen molar-refractivity contribution in [3.63, 3.8) is 0 Å². The quantitative estimate of drug-likeness (QED) is 0.659. The molecular formula is C17H14N4OS2. The summed E-state index contributed by atoms with van der Waals surface area (Å²) in [6, 6.07) is 17.4. The predicted octanol–water partition coefficient (Wildman–Crippen LogP) is 4.45. The summed E-state index contributed by atoms with van der Waals surface area (Å²) in [5, 5.41) is 21.1. The summed E-state index contributed by atoms with van der Waals surface area (Å²) in [5.74, 6) is 1.55. The fourth-order valence-electron chi connectivity index (χ4n) is 2.00. The molecule has 0 amide bonds. The zero-order valence-electron chi connectivity index (χ0n) is 12.9. The van der Waals surface area contributed by atoms with Crippen LogP contribution in [0.4, 0.5) is 10.8 Å². The Kier molecular flexibility index (Phi) is 5.31. The van der Waals surface area contributed by atoms with Crippen LogP contribution in [0.2, 0.25) is 0 Å². The lowest BCUT2D eigenvalue weighted by molar-refractivity contribution is 0.417. The van der Waals surface area contributed by atoms with Crippen LogP contribution in [0.1, 0.15) is 11.1 Å². The van der Waals surface area contributed by atoms with E-state index < -0.39 is 0 Å². The Bertz CT molecular complexity index is 856. The Morgan fingerprint density at radius 2 is 1.96 bits per heavy atom. The molecule has 0 spiro atoms. The van der Waals surface area contributed by atoms with Crippen LogP contribution >= 0.6 is 23.1 Å². The normalized spacial score (nSPS) is 10.2. The number of benzene rings is 2. The summed E-state index contributed by atoms with van der Waals surface area (Å²) in [6.45, 7) is 0. The predicted molar refractivity (Wildman–Crippen MR) is 96.9 cm³/mol. The topological polar surface area (TPSA) is 70.8 Å². The van der Waals surface area contributed by atoms with Gasteiger partial charge in [0.25, 0.3) is 0 Å². The second-order valence-electron chi connectivity index (χ2n) is 4.80. The molecule has 0 aliphatic carbocycles.